The molecular weight excluding hydrogens is 459 g/mol. The maximum Gasteiger partial charge on any atom is 0.416 e. The number of thiazole rings is 1. The second-order valence-electron chi connectivity index (χ2n) is 8.22. The summed E-state index contributed by atoms with van der Waals surface area (Å²) in [6.07, 6.45) is -2.91. The lowest BCUT2D eigenvalue weighted by Crippen LogP contribution is -2.38. The Labute approximate surface area is 192 Å². The van der Waals surface area contributed by atoms with Crippen LogP contribution in [0.15, 0.2) is 18.2 Å². The first-order valence-corrected chi connectivity index (χ1v) is 11.6. The molecule has 1 aromatic carbocycles. The number of nitro benzene ring substituents is 1. The predicted molar refractivity (Wildman–Crippen MR) is 118 cm³/mol. The molecule has 1 aromatic heterocycles. The molecule has 0 aliphatic carbocycles. The van der Waals surface area contributed by atoms with E-state index in [9.17, 15) is 28.1 Å². The monoisotopic (exact) mass is 483 g/mol. The number of piperidine rings is 1. The number of nitrogens with zero attached hydrogens (tertiary/aromatic N) is 4. The summed E-state index contributed by atoms with van der Waals surface area (Å²) in [4.78, 5) is 33.1. The van der Waals surface area contributed by atoms with Crippen LogP contribution in [0.3, 0.4) is 0 Å². The molecule has 3 heterocycles. The Balaban J connectivity index is 1.39. The van der Waals surface area contributed by atoms with Crippen LogP contribution in [0.25, 0.3) is 0 Å². The maximum atomic E-state index is 12.9. The number of halogens is 3. The highest BCUT2D eigenvalue weighted by Crippen LogP contribution is 2.38. The van der Waals surface area contributed by atoms with Crippen LogP contribution in [-0.4, -0.2) is 46.9 Å². The first-order valence-electron chi connectivity index (χ1n) is 10.8. The summed E-state index contributed by atoms with van der Waals surface area (Å²) in [5, 5.41) is 14.9. The fraction of sp³-hybridized carbons (Fsp3) is 0.524. The number of carbonyl (C=O) groups excluding carboxylic acids is 1. The number of carbonyl (C=O) groups is 1. The molecule has 12 heteroatoms. The number of aromatic nitrogens is 1. The normalized spacial score (nSPS) is 17.6. The van der Waals surface area contributed by atoms with E-state index in [-0.39, 0.29) is 17.5 Å². The molecule has 33 heavy (non-hydrogen) atoms. The Hall–Kier alpha value is -2.73. The summed E-state index contributed by atoms with van der Waals surface area (Å²) in [5.74, 6) is -0.433. The second-order valence-corrected chi connectivity index (χ2v) is 9.30. The van der Waals surface area contributed by atoms with E-state index >= 15 is 0 Å². The summed E-state index contributed by atoms with van der Waals surface area (Å²) in [7, 11) is 0. The number of hydrogen-bond acceptors (Lipinski definition) is 7. The van der Waals surface area contributed by atoms with Crippen LogP contribution in [0.4, 0.5) is 29.7 Å². The summed E-state index contributed by atoms with van der Waals surface area (Å²) in [6, 6.07) is 2.56. The number of amides is 1. The van der Waals surface area contributed by atoms with Crippen molar-refractivity contribution in [3.8, 4) is 0 Å². The standard InChI is InChI=1S/C21H24F3N5O3S/c1-2-27-8-7-15-18(12-27)33-20(25-15)26-19(30)13-5-9-28(10-6-13)16-4-3-14(21(22,23)24)11-17(16)29(31)32/h3-4,11,13H,2,5-10,12H2,1H3,(H,25,26,30). The molecule has 0 atom stereocenters. The number of benzene rings is 1. The van der Waals surface area contributed by atoms with Crippen LogP contribution in [0.2, 0.25) is 0 Å². The zero-order valence-corrected chi connectivity index (χ0v) is 18.8. The smallest absolute Gasteiger partial charge is 0.366 e. The fourth-order valence-electron chi connectivity index (χ4n) is 4.28. The lowest BCUT2D eigenvalue weighted by atomic mass is 9.95. The van der Waals surface area contributed by atoms with Crippen molar-refractivity contribution in [1.82, 2.24) is 9.88 Å². The van der Waals surface area contributed by atoms with E-state index in [0.717, 1.165) is 43.9 Å². The molecule has 2 aliphatic rings. The van der Waals surface area contributed by atoms with Crippen LogP contribution in [-0.2, 0) is 23.9 Å². The van der Waals surface area contributed by atoms with Crippen molar-refractivity contribution in [2.24, 2.45) is 5.92 Å². The first-order chi connectivity index (χ1) is 15.7. The van der Waals surface area contributed by atoms with Gasteiger partial charge in [0.25, 0.3) is 5.69 Å². The van der Waals surface area contributed by atoms with E-state index in [4.69, 9.17) is 0 Å². The zero-order valence-electron chi connectivity index (χ0n) is 18.0. The quantitative estimate of drug-likeness (QED) is 0.504. The van der Waals surface area contributed by atoms with Crippen LogP contribution in [0.1, 0.15) is 35.9 Å². The van der Waals surface area contributed by atoms with Crippen molar-refractivity contribution in [3.63, 3.8) is 0 Å². The van der Waals surface area contributed by atoms with Crippen molar-refractivity contribution in [1.29, 1.82) is 0 Å². The van der Waals surface area contributed by atoms with Gasteiger partial charge in [-0.15, -0.1) is 11.3 Å². The highest BCUT2D eigenvalue weighted by molar-refractivity contribution is 7.15. The molecule has 0 saturated carbocycles. The Bertz CT molecular complexity index is 1050. The number of alkyl halides is 3. The van der Waals surface area contributed by atoms with Gasteiger partial charge in [-0.2, -0.15) is 13.2 Å². The van der Waals surface area contributed by atoms with E-state index in [1.165, 1.54) is 16.2 Å². The molecule has 0 bridgehead atoms. The van der Waals surface area contributed by atoms with Gasteiger partial charge in [0.05, 0.1) is 16.2 Å². The Morgan fingerprint density at radius 3 is 2.67 bits per heavy atom. The van der Waals surface area contributed by atoms with E-state index < -0.39 is 22.4 Å². The number of fused-ring (bicyclic) bond motifs is 1. The van der Waals surface area contributed by atoms with Gasteiger partial charge in [-0.05, 0) is 31.5 Å². The van der Waals surface area contributed by atoms with Gasteiger partial charge in [0, 0.05) is 49.5 Å². The van der Waals surface area contributed by atoms with Crippen molar-refractivity contribution >= 4 is 33.8 Å². The lowest BCUT2D eigenvalue weighted by Gasteiger charge is -2.32. The third-order valence-corrected chi connectivity index (χ3v) is 7.19. The molecule has 2 aromatic rings. The van der Waals surface area contributed by atoms with E-state index in [1.54, 1.807) is 4.90 Å². The average Bonchev–Trinajstić information content (AvgIpc) is 3.19. The third-order valence-electron chi connectivity index (χ3n) is 6.19. The molecule has 4 rings (SSSR count). The summed E-state index contributed by atoms with van der Waals surface area (Å²) >= 11 is 1.49. The number of nitrogens with one attached hydrogen (secondary N) is 1. The second kappa shape index (κ2) is 9.26. The molecule has 0 unspecified atom stereocenters. The molecule has 0 spiro atoms. The molecule has 1 N–H and O–H groups in total. The minimum Gasteiger partial charge on any atom is -0.366 e. The van der Waals surface area contributed by atoms with Crippen LogP contribution >= 0.6 is 11.3 Å². The number of nitro groups is 1. The van der Waals surface area contributed by atoms with Gasteiger partial charge in [-0.3, -0.25) is 19.8 Å². The summed E-state index contributed by atoms with van der Waals surface area (Å²) < 4.78 is 38.8. The molecule has 8 nitrogen and oxygen atoms in total. The van der Waals surface area contributed by atoms with Crippen LogP contribution in [0, 0.1) is 16.0 Å². The van der Waals surface area contributed by atoms with Gasteiger partial charge in [0.15, 0.2) is 5.13 Å². The van der Waals surface area contributed by atoms with Crippen LogP contribution in [0.5, 0.6) is 0 Å². The number of hydrogen-bond donors (Lipinski definition) is 1. The van der Waals surface area contributed by atoms with E-state index in [0.29, 0.717) is 37.1 Å². The lowest BCUT2D eigenvalue weighted by molar-refractivity contribution is -0.384. The minimum atomic E-state index is -4.65. The van der Waals surface area contributed by atoms with Gasteiger partial charge >= 0.3 is 6.18 Å². The van der Waals surface area contributed by atoms with Crippen molar-refractivity contribution in [3.05, 3.63) is 44.4 Å². The maximum absolute atomic E-state index is 12.9. The number of anilines is 2. The predicted octanol–water partition coefficient (Wildman–Crippen LogP) is 4.30. The Kier molecular flexibility index (Phi) is 6.57. The van der Waals surface area contributed by atoms with Gasteiger partial charge in [0.2, 0.25) is 5.91 Å². The molecule has 0 radical (unpaired) electrons. The highest BCUT2D eigenvalue weighted by Gasteiger charge is 2.35. The van der Waals surface area contributed by atoms with Crippen molar-refractivity contribution in [2.75, 3.05) is 36.4 Å². The molecule has 1 amide bonds. The first kappa shape index (κ1) is 23.4. The SMILES string of the molecule is CCN1CCc2nc(NC(=O)C3CCN(c4ccc(C(F)(F)F)cc4[N+](=O)[O-])CC3)sc2C1. The molecule has 2 aliphatic heterocycles. The van der Waals surface area contributed by atoms with Crippen molar-refractivity contribution in [2.45, 2.75) is 38.9 Å². The van der Waals surface area contributed by atoms with Gasteiger partial charge in [0.1, 0.15) is 5.69 Å². The zero-order chi connectivity index (χ0) is 23.8. The highest BCUT2D eigenvalue weighted by atomic mass is 32.1. The van der Waals surface area contributed by atoms with E-state index in [2.05, 4.69) is 22.1 Å². The van der Waals surface area contributed by atoms with E-state index in [1.807, 2.05) is 0 Å². The van der Waals surface area contributed by atoms with Gasteiger partial charge < -0.3 is 10.2 Å². The topological polar surface area (TPSA) is 91.6 Å². The summed E-state index contributed by atoms with van der Waals surface area (Å²) in [5.41, 5.74) is -0.466. The van der Waals surface area contributed by atoms with Gasteiger partial charge in [-0.25, -0.2) is 4.98 Å². The van der Waals surface area contributed by atoms with Crippen LogP contribution < -0.4 is 10.2 Å². The molecule has 1 saturated heterocycles. The minimum absolute atomic E-state index is 0.139. The largest absolute Gasteiger partial charge is 0.416 e. The average molecular weight is 484 g/mol. The Morgan fingerprint density at radius 1 is 1.30 bits per heavy atom. The summed E-state index contributed by atoms with van der Waals surface area (Å²) in [6.45, 7) is 5.54. The Morgan fingerprint density at radius 2 is 2.03 bits per heavy atom. The molecule has 1 fully saturated rings. The fourth-order valence-corrected chi connectivity index (χ4v) is 5.33. The molecular formula is C21H24F3N5O3S. The third kappa shape index (κ3) is 5.11. The molecule has 178 valence electrons. The number of rotatable bonds is 5. The number of likely N-dealkylation sites (N-methyl/N-ethyl adjacent to an activating group) is 1. The van der Waals surface area contributed by atoms with Gasteiger partial charge in [-0.1, -0.05) is 6.92 Å². The van der Waals surface area contributed by atoms with Crippen molar-refractivity contribution < 1.29 is 22.9 Å².